The third-order valence-electron chi connectivity index (χ3n) is 13.4. The lowest BCUT2D eigenvalue weighted by Gasteiger charge is -2.26. The third-order valence-corrected chi connectivity index (χ3v) is 13.4. The van der Waals surface area contributed by atoms with Crippen LogP contribution in [-0.2, 0) is 9.47 Å². The summed E-state index contributed by atoms with van der Waals surface area (Å²) in [6.45, 7) is 14.3. The molecule has 2 heteroatoms. The van der Waals surface area contributed by atoms with E-state index in [9.17, 15) is 0 Å². The molecule has 0 heterocycles. The molecule has 4 saturated carbocycles. The van der Waals surface area contributed by atoms with Gasteiger partial charge >= 0.3 is 0 Å². The van der Waals surface area contributed by atoms with Gasteiger partial charge in [-0.2, -0.15) is 0 Å². The molecule has 4 fully saturated rings. The highest BCUT2D eigenvalue weighted by Gasteiger charge is 2.45. The van der Waals surface area contributed by atoms with Gasteiger partial charge in [-0.3, -0.25) is 0 Å². The van der Waals surface area contributed by atoms with E-state index in [0.717, 1.165) is 73.6 Å². The summed E-state index contributed by atoms with van der Waals surface area (Å²) in [5.74, 6) is 8.95. The van der Waals surface area contributed by atoms with Crippen molar-refractivity contribution >= 4 is 0 Å². The summed E-state index contributed by atoms with van der Waals surface area (Å²) in [5.41, 5.74) is 0.290. The second-order valence-corrected chi connectivity index (χ2v) is 19.6. The lowest BCUT2D eigenvalue weighted by atomic mass is 9.89. The van der Waals surface area contributed by atoms with Crippen LogP contribution in [0.1, 0.15) is 221 Å². The van der Waals surface area contributed by atoms with Gasteiger partial charge in [0, 0.05) is 13.2 Å². The van der Waals surface area contributed by atoms with Gasteiger partial charge in [0.15, 0.2) is 0 Å². The van der Waals surface area contributed by atoms with Crippen molar-refractivity contribution in [3.05, 3.63) is 0 Å². The van der Waals surface area contributed by atoms with Gasteiger partial charge in [0.05, 0.1) is 12.7 Å². The Morgan fingerprint density at radius 3 is 1.22 bits per heavy atom. The molecule has 0 aromatic carbocycles. The number of hydrogen-bond acceptors (Lipinski definition) is 2. The van der Waals surface area contributed by atoms with Crippen LogP contribution in [0.5, 0.6) is 0 Å². The SMILES string of the molecule is CCCCCC1CC1CC1CC1CCCCCCCCOCC(CC(C)(C)C)OCCCCCCCCC1CC1CC1CC1CCCCC. The van der Waals surface area contributed by atoms with Gasteiger partial charge in [0.2, 0.25) is 0 Å². The van der Waals surface area contributed by atoms with Gasteiger partial charge in [0.25, 0.3) is 0 Å². The summed E-state index contributed by atoms with van der Waals surface area (Å²) >= 11 is 0. The Hall–Kier alpha value is -0.0800. The summed E-state index contributed by atoms with van der Waals surface area (Å²) in [4.78, 5) is 0. The van der Waals surface area contributed by atoms with Crippen LogP contribution in [-0.4, -0.2) is 25.9 Å². The first-order valence-electron chi connectivity index (χ1n) is 23.1. The summed E-state index contributed by atoms with van der Waals surface area (Å²) in [5, 5.41) is 0. The van der Waals surface area contributed by atoms with E-state index < -0.39 is 0 Å². The van der Waals surface area contributed by atoms with E-state index in [1.807, 2.05) is 0 Å². The number of unbranched alkanes of at least 4 members (excludes halogenated alkanes) is 14. The normalized spacial score (nSPS) is 29.3. The molecular weight excluding hydrogens is 597 g/mol. The van der Waals surface area contributed by atoms with Crippen LogP contribution in [0.25, 0.3) is 0 Å². The standard InChI is InChI=1S/C47H88O2/c1-6-8-18-24-38-30-42(38)34-44-32-40(44)26-20-14-10-12-16-22-28-48-37-46(36-47(3,4)5)49-29-23-17-13-11-15-21-27-41-33-45(41)35-43-31-39(43)25-19-9-7-2/h38-46H,6-37H2,1-5H3. The molecule has 0 amide bonds. The summed E-state index contributed by atoms with van der Waals surface area (Å²) in [6.07, 6.45) is 42.2. The molecule has 4 aliphatic carbocycles. The predicted octanol–water partition coefficient (Wildman–Crippen LogP) is 14.8. The van der Waals surface area contributed by atoms with E-state index in [1.54, 1.807) is 38.5 Å². The Kier molecular flexibility index (Phi) is 20.0. The molecule has 2 nitrogen and oxygen atoms in total. The first-order valence-corrected chi connectivity index (χ1v) is 23.1. The Balaban J connectivity index is 0.877. The van der Waals surface area contributed by atoms with Gasteiger partial charge in [0.1, 0.15) is 0 Å². The van der Waals surface area contributed by atoms with Gasteiger partial charge < -0.3 is 9.47 Å². The Bertz CT molecular complexity index is 815. The minimum Gasteiger partial charge on any atom is -0.379 e. The molecule has 0 spiro atoms. The highest BCUT2D eigenvalue weighted by Crippen LogP contribution is 2.55. The second-order valence-electron chi connectivity index (χ2n) is 19.6. The van der Waals surface area contributed by atoms with Crippen molar-refractivity contribution in [2.24, 2.45) is 52.8 Å². The van der Waals surface area contributed by atoms with E-state index >= 15 is 0 Å². The molecule has 0 aromatic rings. The van der Waals surface area contributed by atoms with Crippen LogP contribution in [0.4, 0.5) is 0 Å². The Morgan fingerprint density at radius 2 is 0.816 bits per heavy atom. The summed E-state index contributed by atoms with van der Waals surface area (Å²) in [6, 6.07) is 0. The molecule has 9 atom stereocenters. The molecule has 4 rings (SSSR count). The molecule has 0 radical (unpaired) electrons. The van der Waals surface area contributed by atoms with E-state index in [2.05, 4.69) is 34.6 Å². The average Bonchev–Trinajstić information content (AvgIpc) is 3.89. The molecule has 4 aliphatic rings. The largest absolute Gasteiger partial charge is 0.379 e. The van der Waals surface area contributed by atoms with E-state index in [1.165, 1.54) is 141 Å². The maximum absolute atomic E-state index is 6.40. The van der Waals surface area contributed by atoms with Gasteiger partial charge in [-0.25, -0.2) is 0 Å². The van der Waals surface area contributed by atoms with Crippen molar-refractivity contribution in [2.45, 2.75) is 227 Å². The minimum absolute atomic E-state index is 0.256. The van der Waals surface area contributed by atoms with Crippen molar-refractivity contribution in [3.63, 3.8) is 0 Å². The second kappa shape index (κ2) is 23.6. The monoisotopic (exact) mass is 685 g/mol. The number of hydrogen-bond donors (Lipinski definition) is 0. The zero-order valence-electron chi connectivity index (χ0n) is 34.1. The smallest absolute Gasteiger partial charge is 0.0813 e. The molecule has 0 aromatic heterocycles. The zero-order chi connectivity index (χ0) is 34.7. The minimum atomic E-state index is 0.256. The lowest BCUT2D eigenvalue weighted by molar-refractivity contribution is -0.0363. The lowest BCUT2D eigenvalue weighted by Crippen LogP contribution is -2.26. The van der Waals surface area contributed by atoms with Crippen LogP contribution < -0.4 is 0 Å². The maximum atomic E-state index is 6.40. The van der Waals surface area contributed by atoms with E-state index in [4.69, 9.17) is 9.47 Å². The van der Waals surface area contributed by atoms with Crippen LogP contribution in [0, 0.1) is 52.8 Å². The van der Waals surface area contributed by atoms with Crippen LogP contribution in [0.15, 0.2) is 0 Å². The van der Waals surface area contributed by atoms with Gasteiger partial charge in [-0.15, -0.1) is 0 Å². The average molecular weight is 685 g/mol. The van der Waals surface area contributed by atoms with Crippen LogP contribution in [0.2, 0.25) is 0 Å². The first kappa shape index (κ1) is 41.7. The number of ether oxygens (including phenoxy) is 2. The molecule has 49 heavy (non-hydrogen) atoms. The highest BCUT2D eigenvalue weighted by molar-refractivity contribution is 4.96. The van der Waals surface area contributed by atoms with Crippen LogP contribution >= 0.6 is 0 Å². The quantitative estimate of drug-likeness (QED) is 0.0628. The summed E-state index contributed by atoms with van der Waals surface area (Å²) < 4.78 is 12.6. The van der Waals surface area contributed by atoms with Gasteiger partial charge in [-0.05, 0) is 111 Å². The Morgan fingerprint density at radius 1 is 0.449 bits per heavy atom. The summed E-state index contributed by atoms with van der Waals surface area (Å²) in [7, 11) is 0. The molecule has 0 saturated heterocycles. The van der Waals surface area contributed by atoms with Crippen molar-refractivity contribution in [1.82, 2.24) is 0 Å². The molecule has 0 aliphatic heterocycles. The molecule has 0 N–H and O–H groups in total. The molecule has 0 bridgehead atoms. The molecule has 9 unspecified atom stereocenters. The fourth-order valence-electron chi connectivity index (χ4n) is 9.75. The maximum Gasteiger partial charge on any atom is 0.0813 e. The van der Waals surface area contributed by atoms with Crippen molar-refractivity contribution < 1.29 is 9.47 Å². The molecular formula is C47H88O2. The van der Waals surface area contributed by atoms with E-state index in [-0.39, 0.29) is 6.10 Å². The fourth-order valence-corrected chi connectivity index (χ4v) is 9.75. The van der Waals surface area contributed by atoms with Crippen LogP contribution in [0.3, 0.4) is 0 Å². The highest BCUT2D eigenvalue weighted by atomic mass is 16.5. The van der Waals surface area contributed by atoms with E-state index in [0.29, 0.717) is 5.41 Å². The topological polar surface area (TPSA) is 18.5 Å². The first-order chi connectivity index (χ1) is 23.9. The fraction of sp³-hybridized carbons (Fsp3) is 1.00. The molecule has 288 valence electrons. The number of rotatable bonds is 34. The predicted molar refractivity (Wildman–Crippen MR) is 213 cm³/mol. The van der Waals surface area contributed by atoms with Crippen molar-refractivity contribution in [1.29, 1.82) is 0 Å². The van der Waals surface area contributed by atoms with Crippen molar-refractivity contribution in [3.8, 4) is 0 Å². The Labute approximate surface area is 308 Å². The van der Waals surface area contributed by atoms with Gasteiger partial charge in [-0.1, -0.05) is 163 Å². The van der Waals surface area contributed by atoms with Crippen molar-refractivity contribution in [2.75, 3.05) is 19.8 Å². The zero-order valence-corrected chi connectivity index (χ0v) is 34.1. The third kappa shape index (κ3) is 19.5.